The van der Waals surface area contributed by atoms with Gasteiger partial charge in [-0.25, -0.2) is 0 Å². The van der Waals surface area contributed by atoms with Crippen molar-refractivity contribution in [3.8, 4) is 0 Å². The lowest BCUT2D eigenvalue weighted by Gasteiger charge is -2.05. The van der Waals surface area contributed by atoms with Crippen molar-refractivity contribution in [3.05, 3.63) is 42.4 Å². The molecule has 0 aliphatic heterocycles. The molecule has 1 heterocycles. The number of amides is 1. The van der Waals surface area contributed by atoms with E-state index in [9.17, 15) is 4.79 Å². The molecule has 1 aromatic carbocycles. The Morgan fingerprint density at radius 3 is 2.62 bits per heavy atom. The normalized spacial score (nSPS) is 10.0. The Bertz CT molecular complexity index is 506. The van der Waals surface area contributed by atoms with Gasteiger partial charge in [-0.05, 0) is 30.3 Å². The van der Waals surface area contributed by atoms with E-state index in [1.807, 2.05) is 0 Å². The number of furan rings is 1. The lowest BCUT2D eigenvalue weighted by molar-refractivity contribution is 0.0996. The molecule has 82 valence electrons. The molecular formula is C11H11N3O2. The van der Waals surface area contributed by atoms with Gasteiger partial charge >= 0.3 is 0 Å². The molecule has 1 aromatic heterocycles. The minimum absolute atomic E-state index is 0.246. The molecule has 5 N–H and O–H groups in total. The highest BCUT2D eigenvalue weighted by atomic mass is 16.3. The summed E-state index contributed by atoms with van der Waals surface area (Å²) in [5, 5.41) is 2.64. The maximum absolute atomic E-state index is 11.6. The van der Waals surface area contributed by atoms with Crippen molar-refractivity contribution in [1.29, 1.82) is 0 Å². The van der Waals surface area contributed by atoms with Gasteiger partial charge in [-0.15, -0.1) is 0 Å². The van der Waals surface area contributed by atoms with Gasteiger partial charge in [0.15, 0.2) is 5.76 Å². The van der Waals surface area contributed by atoms with Crippen LogP contribution >= 0.6 is 0 Å². The zero-order valence-electron chi connectivity index (χ0n) is 8.44. The Hall–Kier alpha value is -2.43. The molecular weight excluding hydrogens is 206 g/mol. The van der Waals surface area contributed by atoms with Crippen LogP contribution in [0, 0.1) is 0 Å². The Balaban J connectivity index is 2.15. The Morgan fingerprint density at radius 1 is 1.19 bits per heavy atom. The molecule has 16 heavy (non-hydrogen) atoms. The van der Waals surface area contributed by atoms with E-state index >= 15 is 0 Å². The molecule has 0 fully saturated rings. The number of nitrogens with one attached hydrogen (secondary N) is 1. The van der Waals surface area contributed by atoms with Gasteiger partial charge in [0, 0.05) is 5.69 Å². The molecule has 0 atom stereocenters. The van der Waals surface area contributed by atoms with Crippen molar-refractivity contribution in [2.24, 2.45) is 0 Å². The largest absolute Gasteiger partial charge is 0.459 e. The van der Waals surface area contributed by atoms with Crippen LogP contribution in [0.2, 0.25) is 0 Å². The van der Waals surface area contributed by atoms with Gasteiger partial charge in [-0.3, -0.25) is 4.79 Å². The fourth-order valence-corrected chi connectivity index (χ4v) is 1.25. The van der Waals surface area contributed by atoms with Crippen LogP contribution in [0.15, 0.2) is 41.0 Å². The SMILES string of the molecule is Nc1ccc(NC(=O)c2ccco2)cc1N. The first-order valence-corrected chi connectivity index (χ1v) is 4.66. The molecule has 5 nitrogen and oxygen atoms in total. The fraction of sp³-hybridized carbons (Fsp3) is 0. The molecule has 0 spiro atoms. The third-order valence-corrected chi connectivity index (χ3v) is 2.09. The maximum Gasteiger partial charge on any atom is 0.291 e. The number of hydrogen-bond donors (Lipinski definition) is 3. The van der Waals surface area contributed by atoms with Crippen molar-refractivity contribution in [2.45, 2.75) is 0 Å². The van der Waals surface area contributed by atoms with E-state index < -0.39 is 0 Å². The van der Waals surface area contributed by atoms with Crippen molar-refractivity contribution in [1.82, 2.24) is 0 Å². The summed E-state index contributed by atoms with van der Waals surface area (Å²) in [6.45, 7) is 0. The summed E-state index contributed by atoms with van der Waals surface area (Å²) in [6, 6.07) is 8.12. The Kier molecular flexibility index (Phi) is 2.51. The lowest BCUT2D eigenvalue weighted by Crippen LogP contribution is -2.11. The zero-order valence-corrected chi connectivity index (χ0v) is 8.44. The highest BCUT2D eigenvalue weighted by Gasteiger charge is 2.08. The first-order valence-electron chi connectivity index (χ1n) is 4.66. The third kappa shape index (κ3) is 1.98. The first kappa shape index (κ1) is 10.1. The van der Waals surface area contributed by atoms with Crippen LogP contribution < -0.4 is 16.8 Å². The van der Waals surface area contributed by atoms with Crippen molar-refractivity contribution >= 4 is 23.0 Å². The van der Waals surface area contributed by atoms with E-state index in [0.717, 1.165) is 0 Å². The van der Waals surface area contributed by atoms with Crippen LogP contribution in [0.3, 0.4) is 0 Å². The molecule has 5 heteroatoms. The minimum Gasteiger partial charge on any atom is -0.459 e. The summed E-state index contributed by atoms with van der Waals surface area (Å²) in [5.74, 6) is -0.0791. The molecule has 0 bridgehead atoms. The van der Waals surface area contributed by atoms with Crippen LogP contribution in [0.4, 0.5) is 17.1 Å². The number of anilines is 3. The van der Waals surface area contributed by atoms with E-state index in [0.29, 0.717) is 17.1 Å². The smallest absolute Gasteiger partial charge is 0.291 e. The van der Waals surface area contributed by atoms with E-state index in [4.69, 9.17) is 15.9 Å². The summed E-state index contributed by atoms with van der Waals surface area (Å²) < 4.78 is 4.95. The minimum atomic E-state index is -0.325. The highest BCUT2D eigenvalue weighted by molar-refractivity contribution is 6.02. The topological polar surface area (TPSA) is 94.3 Å². The molecule has 0 aliphatic carbocycles. The number of benzene rings is 1. The predicted molar refractivity (Wildman–Crippen MR) is 61.9 cm³/mol. The van der Waals surface area contributed by atoms with Crippen LogP contribution in [-0.2, 0) is 0 Å². The van der Waals surface area contributed by atoms with Gasteiger partial charge in [0.1, 0.15) is 0 Å². The van der Waals surface area contributed by atoms with Crippen LogP contribution in [0.5, 0.6) is 0 Å². The molecule has 0 saturated heterocycles. The predicted octanol–water partition coefficient (Wildman–Crippen LogP) is 1.70. The second-order valence-corrected chi connectivity index (χ2v) is 3.28. The molecule has 0 aliphatic rings. The number of nitrogens with two attached hydrogens (primary N) is 2. The van der Waals surface area contributed by atoms with Gasteiger partial charge in [0.2, 0.25) is 0 Å². The molecule has 0 unspecified atom stereocenters. The standard InChI is InChI=1S/C11H11N3O2/c12-8-4-3-7(6-9(8)13)14-11(15)10-2-1-5-16-10/h1-6H,12-13H2,(H,14,15). The number of rotatable bonds is 2. The zero-order chi connectivity index (χ0) is 11.5. The van der Waals surface area contributed by atoms with Crippen molar-refractivity contribution in [3.63, 3.8) is 0 Å². The van der Waals surface area contributed by atoms with E-state index in [1.54, 1.807) is 30.3 Å². The summed E-state index contributed by atoms with van der Waals surface area (Å²) in [6.07, 6.45) is 1.44. The third-order valence-electron chi connectivity index (χ3n) is 2.09. The van der Waals surface area contributed by atoms with Gasteiger partial charge < -0.3 is 21.2 Å². The monoisotopic (exact) mass is 217 g/mol. The maximum atomic E-state index is 11.6. The molecule has 2 rings (SSSR count). The summed E-state index contributed by atoms with van der Waals surface area (Å²) >= 11 is 0. The number of carbonyl (C=O) groups is 1. The fourth-order valence-electron chi connectivity index (χ4n) is 1.25. The average Bonchev–Trinajstić information content (AvgIpc) is 2.77. The van der Waals surface area contributed by atoms with Crippen molar-refractivity contribution in [2.75, 3.05) is 16.8 Å². The molecule has 1 amide bonds. The molecule has 0 radical (unpaired) electrons. The summed E-state index contributed by atoms with van der Waals surface area (Å²) in [4.78, 5) is 11.6. The van der Waals surface area contributed by atoms with Gasteiger partial charge in [-0.1, -0.05) is 0 Å². The summed E-state index contributed by atoms with van der Waals surface area (Å²) in [5.41, 5.74) is 12.7. The first-order chi connectivity index (χ1) is 7.66. The van der Waals surface area contributed by atoms with Crippen LogP contribution in [-0.4, -0.2) is 5.91 Å². The second kappa shape index (κ2) is 3.98. The average molecular weight is 217 g/mol. The van der Waals surface area contributed by atoms with E-state index in [2.05, 4.69) is 5.32 Å². The lowest BCUT2D eigenvalue weighted by atomic mass is 10.2. The van der Waals surface area contributed by atoms with Crippen LogP contribution in [0.1, 0.15) is 10.6 Å². The van der Waals surface area contributed by atoms with Crippen LogP contribution in [0.25, 0.3) is 0 Å². The van der Waals surface area contributed by atoms with Gasteiger partial charge in [0.25, 0.3) is 5.91 Å². The summed E-state index contributed by atoms with van der Waals surface area (Å²) in [7, 11) is 0. The number of hydrogen-bond acceptors (Lipinski definition) is 4. The van der Waals surface area contributed by atoms with Crippen molar-refractivity contribution < 1.29 is 9.21 Å². The Morgan fingerprint density at radius 2 is 2.00 bits per heavy atom. The van der Waals surface area contributed by atoms with Gasteiger partial charge in [0.05, 0.1) is 17.6 Å². The molecule has 2 aromatic rings. The molecule has 0 saturated carbocycles. The van der Waals surface area contributed by atoms with E-state index in [-0.39, 0.29) is 11.7 Å². The number of carbonyl (C=O) groups excluding carboxylic acids is 1. The van der Waals surface area contributed by atoms with Gasteiger partial charge in [-0.2, -0.15) is 0 Å². The second-order valence-electron chi connectivity index (χ2n) is 3.28. The highest BCUT2D eigenvalue weighted by Crippen LogP contribution is 2.20. The quantitative estimate of drug-likeness (QED) is 0.667. The Labute approximate surface area is 92.0 Å². The number of nitrogen functional groups attached to an aromatic ring is 2. The van der Waals surface area contributed by atoms with E-state index in [1.165, 1.54) is 6.26 Å².